The summed E-state index contributed by atoms with van der Waals surface area (Å²) >= 11 is 0. The van der Waals surface area contributed by atoms with E-state index < -0.39 is 0 Å². The van der Waals surface area contributed by atoms with E-state index in [2.05, 4.69) is 20.6 Å². The highest BCUT2D eigenvalue weighted by Crippen LogP contribution is 2.35. The number of fused-ring (bicyclic) bond motifs is 1. The molecule has 1 amide bonds. The van der Waals surface area contributed by atoms with Gasteiger partial charge in [0.05, 0.1) is 29.5 Å². The van der Waals surface area contributed by atoms with Gasteiger partial charge in [-0.05, 0) is 66.7 Å². The molecule has 0 radical (unpaired) electrons. The van der Waals surface area contributed by atoms with Crippen molar-refractivity contribution in [1.82, 2.24) is 24.6 Å². The van der Waals surface area contributed by atoms with Crippen LogP contribution in [0.1, 0.15) is 5.69 Å². The molecule has 0 unspecified atom stereocenters. The largest absolute Gasteiger partial charge is 0.464 e. The lowest BCUT2D eigenvalue weighted by Gasteiger charge is -2.09. The SMILES string of the molecule is O=C(Cc1ccccn1)Nc1cccc(-c2nn3ccccc3c2-c2ccnc(Nc3cccc(-c4ccco4)c3)n2)c1. The van der Waals surface area contributed by atoms with Gasteiger partial charge >= 0.3 is 0 Å². The lowest BCUT2D eigenvalue weighted by atomic mass is 10.0. The van der Waals surface area contributed by atoms with E-state index in [1.807, 2.05) is 114 Å². The first-order valence-electron chi connectivity index (χ1n) is 13.7. The number of anilines is 3. The van der Waals surface area contributed by atoms with E-state index in [1.54, 1.807) is 18.7 Å². The van der Waals surface area contributed by atoms with Crippen LogP contribution in [0.5, 0.6) is 0 Å². The van der Waals surface area contributed by atoms with Crippen LogP contribution < -0.4 is 10.6 Å². The van der Waals surface area contributed by atoms with Crippen LogP contribution in [0.4, 0.5) is 17.3 Å². The molecule has 0 bridgehead atoms. The van der Waals surface area contributed by atoms with E-state index in [4.69, 9.17) is 14.5 Å². The van der Waals surface area contributed by atoms with Crippen molar-refractivity contribution >= 4 is 28.7 Å². The number of amides is 1. The lowest BCUT2D eigenvalue weighted by Crippen LogP contribution is -2.15. The van der Waals surface area contributed by atoms with E-state index in [0.717, 1.165) is 39.3 Å². The summed E-state index contributed by atoms with van der Waals surface area (Å²) in [6.45, 7) is 0. The second-order valence-electron chi connectivity index (χ2n) is 9.83. The number of aromatic nitrogens is 5. The van der Waals surface area contributed by atoms with Gasteiger partial charge in [-0.1, -0.05) is 36.4 Å². The average Bonchev–Trinajstić information content (AvgIpc) is 3.71. The van der Waals surface area contributed by atoms with Crippen LogP contribution in [-0.2, 0) is 11.2 Å². The Morgan fingerprint density at radius 2 is 1.65 bits per heavy atom. The van der Waals surface area contributed by atoms with Gasteiger partial charge in [-0.25, -0.2) is 14.5 Å². The Labute approximate surface area is 246 Å². The summed E-state index contributed by atoms with van der Waals surface area (Å²) < 4.78 is 7.38. The molecule has 9 nitrogen and oxygen atoms in total. The smallest absolute Gasteiger partial charge is 0.230 e. The number of nitrogens with zero attached hydrogens (tertiary/aromatic N) is 5. The molecule has 7 rings (SSSR count). The van der Waals surface area contributed by atoms with Gasteiger partial charge in [0.2, 0.25) is 11.9 Å². The van der Waals surface area contributed by atoms with Gasteiger partial charge in [-0.15, -0.1) is 0 Å². The summed E-state index contributed by atoms with van der Waals surface area (Å²) in [7, 11) is 0. The van der Waals surface area contributed by atoms with Crippen molar-refractivity contribution in [3.63, 3.8) is 0 Å². The van der Waals surface area contributed by atoms with Gasteiger partial charge in [0.15, 0.2) is 0 Å². The van der Waals surface area contributed by atoms with Crippen molar-refractivity contribution in [1.29, 1.82) is 0 Å². The van der Waals surface area contributed by atoms with E-state index >= 15 is 0 Å². The topological polar surface area (TPSA) is 110 Å². The van der Waals surface area contributed by atoms with Gasteiger partial charge in [-0.2, -0.15) is 5.10 Å². The zero-order chi connectivity index (χ0) is 29.0. The maximum absolute atomic E-state index is 12.7. The van der Waals surface area contributed by atoms with Crippen LogP contribution in [0, 0.1) is 0 Å². The highest BCUT2D eigenvalue weighted by Gasteiger charge is 2.19. The third-order valence-electron chi connectivity index (χ3n) is 6.86. The Balaban J connectivity index is 1.21. The molecule has 0 fully saturated rings. The first-order valence-corrected chi connectivity index (χ1v) is 13.7. The van der Waals surface area contributed by atoms with Crippen molar-refractivity contribution < 1.29 is 9.21 Å². The highest BCUT2D eigenvalue weighted by atomic mass is 16.3. The summed E-state index contributed by atoms with van der Waals surface area (Å²) in [5, 5.41) is 11.2. The van der Waals surface area contributed by atoms with E-state index in [-0.39, 0.29) is 12.3 Å². The Kier molecular flexibility index (Phi) is 6.86. The van der Waals surface area contributed by atoms with Crippen LogP contribution in [0.15, 0.2) is 132 Å². The maximum Gasteiger partial charge on any atom is 0.230 e. The summed E-state index contributed by atoms with van der Waals surface area (Å²) in [5.41, 5.74) is 7.19. The van der Waals surface area contributed by atoms with Crippen molar-refractivity contribution in [3.05, 3.63) is 134 Å². The summed E-state index contributed by atoms with van der Waals surface area (Å²) in [6, 6.07) is 32.6. The molecule has 5 heterocycles. The van der Waals surface area contributed by atoms with Crippen LogP contribution in [0.25, 0.3) is 39.4 Å². The molecule has 0 aliphatic carbocycles. The fraction of sp³-hybridized carbons (Fsp3) is 0.0294. The van der Waals surface area contributed by atoms with E-state index in [1.165, 1.54) is 0 Å². The van der Waals surface area contributed by atoms with Gasteiger partial charge in [0.25, 0.3) is 0 Å². The predicted molar refractivity (Wildman–Crippen MR) is 166 cm³/mol. The number of furan rings is 1. The average molecular weight is 564 g/mol. The zero-order valence-electron chi connectivity index (χ0n) is 22.9. The third kappa shape index (κ3) is 5.59. The molecule has 0 saturated carbocycles. The number of pyridine rings is 2. The number of nitrogens with one attached hydrogen (secondary N) is 2. The monoisotopic (exact) mass is 563 g/mol. The molecular weight excluding hydrogens is 538 g/mol. The normalized spacial score (nSPS) is 11.0. The number of carbonyl (C=O) groups is 1. The fourth-order valence-electron chi connectivity index (χ4n) is 4.95. The second kappa shape index (κ2) is 11.4. The molecule has 2 N–H and O–H groups in total. The highest BCUT2D eigenvalue weighted by molar-refractivity contribution is 5.95. The third-order valence-corrected chi connectivity index (χ3v) is 6.86. The van der Waals surface area contributed by atoms with Gasteiger partial charge in [0.1, 0.15) is 11.5 Å². The Morgan fingerprint density at radius 1 is 0.791 bits per heavy atom. The van der Waals surface area contributed by atoms with Crippen molar-refractivity contribution in [2.45, 2.75) is 6.42 Å². The Bertz CT molecular complexity index is 2040. The molecule has 0 spiro atoms. The van der Waals surface area contributed by atoms with Gasteiger partial charge < -0.3 is 15.1 Å². The van der Waals surface area contributed by atoms with Crippen LogP contribution in [0.3, 0.4) is 0 Å². The zero-order valence-corrected chi connectivity index (χ0v) is 22.9. The lowest BCUT2D eigenvalue weighted by molar-refractivity contribution is -0.115. The van der Waals surface area contributed by atoms with Crippen molar-refractivity contribution in [2.75, 3.05) is 10.6 Å². The molecule has 0 aliphatic heterocycles. The van der Waals surface area contributed by atoms with Crippen molar-refractivity contribution in [2.24, 2.45) is 0 Å². The minimum Gasteiger partial charge on any atom is -0.464 e. The van der Waals surface area contributed by atoms with E-state index in [9.17, 15) is 4.79 Å². The molecule has 208 valence electrons. The standard InChI is InChI=1S/C34H25N7O2/c42-31(22-25-10-1-3-16-35-25)37-26-11-6-9-24(21-26)33-32(29-13-2-4-18-41(29)40-33)28-15-17-36-34(39-28)38-27-12-5-8-23(20-27)30-14-7-19-43-30/h1-21H,22H2,(H,37,42)(H,36,38,39). The number of hydrogen-bond donors (Lipinski definition) is 2. The minimum atomic E-state index is -0.145. The van der Waals surface area contributed by atoms with E-state index in [0.29, 0.717) is 23.0 Å². The van der Waals surface area contributed by atoms with Crippen LogP contribution in [0.2, 0.25) is 0 Å². The maximum atomic E-state index is 12.7. The minimum absolute atomic E-state index is 0.145. The molecule has 9 heteroatoms. The molecule has 5 aromatic heterocycles. The molecule has 43 heavy (non-hydrogen) atoms. The molecule has 0 atom stereocenters. The van der Waals surface area contributed by atoms with Crippen molar-refractivity contribution in [3.8, 4) is 33.8 Å². The fourth-order valence-corrected chi connectivity index (χ4v) is 4.95. The number of carbonyl (C=O) groups excluding carboxylic acids is 1. The summed E-state index contributed by atoms with van der Waals surface area (Å²) in [4.78, 5) is 26.3. The first-order chi connectivity index (χ1) is 21.2. The van der Waals surface area contributed by atoms with Crippen LogP contribution >= 0.6 is 0 Å². The number of benzene rings is 2. The molecule has 2 aromatic carbocycles. The molecule has 0 aliphatic rings. The predicted octanol–water partition coefficient (Wildman–Crippen LogP) is 7.04. The quantitative estimate of drug-likeness (QED) is 0.204. The number of rotatable bonds is 8. The molecule has 7 aromatic rings. The Morgan fingerprint density at radius 3 is 2.51 bits per heavy atom. The summed E-state index contributed by atoms with van der Waals surface area (Å²) in [6.07, 6.45) is 7.15. The number of hydrogen-bond acceptors (Lipinski definition) is 7. The molecule has 0 saturated heterocycles. The van der Waals surface area contributed by atoms with Gasteiger partial charge in [-0.3, -0.25) is 9.78 Å². The van der Waals surface area contributed by atoms with Crippen LogP contribution in [-0.4, -0.2) is 30.5 Å². The second-order valence-corrected chi connectivity index (χ2v) is 9.83. The Hall–Kier alpha value is -6.09. The first kappa shape index (κ1) is 25.8. The molecular formula is C34H25N7O2. The summed E-state index contributed by atoms with van der Waals surface area (Å²) in [5.74, 6) is 1.09. The van der Waals surface area contributed by atoms with Gasteiger partial charge in [0, 0.05) is 46.8 Å².